The number of carbonyl (C=O) groups excluding carboxylic acids is 1. The fraction of sp³-hybridized carbons (Fsp3) is 0.429. The number of hydrogen-bond donors (Lipinski definition) is 2. The molecule has 2 unspecified atom stereocenters. The third-order valence-corrected chi connectivity index (χ3v) is 2.62. The Morgan fingerprint density at radius 2 is 2.30 bits per heavy atom. The topological polar surface area (TPSA) is 91.6 Å². The van der Waals surface area contributed by atoms with E-state index in [0.29, 0.717) is 11.3 Å². The highest BCUT2D eigenvalue weighted by molar-refractivity contribution is 5.75. The second-order valence-corrected chi connectivity index (χ2v) is 4.26. The van der Waals surface area contributed by atoms with E-state index in [2.05, 4.69) is 10.1 Å². The third kappa shape index (κ3) is 5.26. The molecular formula is C14H18N2O4. The van der Waals surface area contributed by atoms with Gasteiger partial charge in [0, 0.05) is 6.54 Å². The summed E-state index contributed by atoms with van der Waals surface area (Å²) in [5.41, 5.74) is 0.495. The van der Waals surface area contributed by atoms with E-state index in [-0.39, 0.29) is 19.1 Å². The number of rotatable bonds is 7. The smallest absolute Gasteiger partial charge is 0.322 e. The molecule has 2 atom stereocenters. The van der Waals surface area contributed by atoms with Gasteiger partial charge < -0.3 is 19.9 Å². The minimum atomic E-state index is -0.771. The van der Waals surface area contributed by atoms with E-state index in [4.69, 9.17) is 10.00 Å². The molecule has 0 fully saturated rings. The predicted molar refractivity (Wildman–Crippen MR) is 72.1 cm³/mol. The number of nitriles is 1. The maximum atomic E-state index is 11.1. The first-order chi connectivity index (χ1) is 9.56. The molecule has 0 amide bonds. The van der Waals surface area contributed by atoms with Crippen molar-refractivity contribution in [2.45, 2.75) is 19.1 Å². The zero-order valence-electron chi connectivity index (χ0n) is 11.5. The lowest BCUT2D eigenvalue weighted by atomic mass is 10.2. The zero-order valence-corrected chi connectivity index (χ0v) is 11.5. The summed E-state index contributed by atoms with van der Waals surface area (Å²) >= 11 is 0. The van der Waals surface area contributed by atoms with Crippen LogP contribution < -0.4 is 10.1 Å². The first-order valence-corrected chi connectivity index (χ1v) is 6.19. The predicted octanol–water partition coefficient (Wildman–Crippen LogP) is 0.449. The van der Waals surface area contributed by atoms with Gasteiger partial charge in [-0.05, 0) is 25.1 Å². The lowest BCUT2D eigenvalue weighted by Gasteiger charge is -2.16. The minimum Gasteiger partial charge on any atom is -0.491 e. The summed E-state index contributed by atoms with van der Waals surface area (Å²) in [4.78, 5) is 11.1. The Hall–Kier alpha value is -2.10. The van der Waals surface area contributed by atoms with Crippen LogP contribution in [0.2, 0.25) is 0 Å². The molecule has 0 bridgehead atoms. The van der Waals surface area contributed by atoms with E-state index in [1.807, 2.05) is 6.07 Å². The first-order valence-electron chi connectivity index (χ1n) is 6.19. The summed E-state index contributed by atoms with van der Waals surface area (Å²) in [7, 11) is 1.31. The van der Waals surface area contributed by atoms with Crippen LogP contribution in [0.1, 0.15) is 12.5 Å². The number of aliphatic hydroxyl groups is 1. The van der Waals surface area contributed by atoms with Gasteiger partial charge in [-0.25, -0.2) is 0 Å². The van der Waals surface area contributed by atoms with E-state index in [0.717, 1.165) is 0 Å². The molecule has 1 aromatic rings. The standard InChI is InChI=1S/C14H18N2O4/c1-10(14(18)19-2)16-8-12(17)9-20-13-5-3-4-11(6-13)7-15/h3-6,10,12,16-17H,8-9H2,1-2H3. The van der Waals surface area contributed by atoms with Gasteiger partial charge in [0.15, 0.2) is 0 Å². The van der Waals surface area contributed by atoms with E-state index >= 15 is 0 Å². The SMILES string of the molecule is COC(=O)C(C)NCC(O)COc1cccc(C#N)c1. The summed E-state index contributed by atoms with van der Waals surface area (Å²) in [6.45, 7) is 1.92. The molecule has 0 heterocycles. The largest absolute Gasteiger partial charge is 0.491 e. The third-order valence-electron chi connectivity index (χ3n) is 2.62. The highest BCUT2D eigenvalue weighted by atomic mass is 16.5. The van der Waals surface area contributed by atoms with Gasteiger partial charge in [-0.3, -0.25) is 4.79 Å². The zero-order chi connectivity index (χ0) is 15.0. The monoisotopic (exact) mass is 278 g/mol. The van der Waals surface area contributed by atoms with Crippen LogP contribution >= 0.6 is 0 Å². The molecule has 0 aliphatic carbocycles. The van der Waals surface area contributed by atoms with Gasteiger partial charge >= 0.3 is 5.97 Å². The van der Waals surface area contributed by atoms with Crippen molar-refractivity contribution in [2.75, 3.05) is 20.3 Å². The van der Waals surface area contributed by atoms with Gasteiger partial charge in [-0.1, -0.05) is 6.07 Å². The highest BCUT2D eigenvalue weighted by Crippen LogP contribution is 2.12. The van der Waals surface area contributed by atoms with Gasteiger partial charge in [0.25, 0.3) is 0 Å². The van der Waals surface area contributed by atoms with Crippen molar-refractivity contribution in [3.63, 3.8) is 0 Å². The Kier molecular flexibility index (Phi) is 6.50. The number of aliphatic hydroxyl groups excluding tert-OH is 1. The average molecular weight is 278 g/mol. The average Bonchev–Trinajstić information content (AvgIpc) is 2.49. The summed E-state index contributed by atoms with van der Waals surface area (Å²) in [6.07, 6.45) is -0.771. The highest BCUT2D eigenvalue weighted by Gasteiger charge is 2.14. The Bertz CT molecular complexity index is 484. The number of carbonyl (C=O) groups is 1. The molecule has 1 rings (SSSR count). The Morgan fingerprint density at radius 1 is 1.55 bits per heavy atom. The number of ether oxygens (including phenoxy) is 2. The minimum absolute atomic E-state index is 0.0653. The normalized spacial score (nSPS) is 13.1. The number of benzene rings is 1. The first kappa shape index (κ1) is 16.0. The van der Waals surface area contributed by atoms with Crippen LogP contribution in [0, 0.1) is 11.3 Å². The summed E-state index contributed by atoms with van der Waals surface area (Å²) in [5.74, 6) is 0.129. The fourth-order valence-electron chi connectivity index (χ4n) is 1.48. The molecule has 0 aliphatic rings. The molecule has 6 heteroatoms. The van der Waals surface area contributed by atoms with E-state index in [1.54, 1.807) is 31.2 Å². The molecule has 0 aliphatic heterocycles. The fourth-order valence-corrected chi connectivity index (χ4v) is 1.48. The van der Waals surface area contributed by atoms with Crippen molar-refractivity contribution in [2.24, 2.45) is 0 Å². The van der Waals surface area contributed by atoms with Crippen molar-refractivity contribution in [3.05, 3.63) is 29.8 Å². The molecule has 6 nitrogen and oxygen atoms in total. The van der Waals surface area contributed by atoms with Crippen molar-refractivity contribution in [1.29, 1.82) is 5.26 Å². The van der Waals surface area contributed by atoms with Crippen molar-refractivity contribution < 1.29 is 19.4 Å². The second-order valence-electron chi connectivity index (χ2n) is 4.26. The van der Waals surface area contributed by atoms with Gasteiger partial charge in [-0.2, -0.15) is 5.26 Å². The van der Waals surface area contributed by atoms with Crippen molar-refractivity contribution in [3.8, 4) is 11.8 Å². The van der Waals surface area contributed by atoms with Gasteiger partial charge in [-0.15, -0.1) is 0 Å². The van der Waals surface area contributed by atoms with Crippen molar-refractivity contribution in [1.82, 2.24) is 5.32 Å². The number of nitrogens with one attached hydrogen (secondary N) is 1. The molecule has 20 heavy (non-hydrogen) atoms. The Balaban J connectivity index is 2.34. The molecule has 108 valence electrons. The van der Waals surface area contributed by atoms with Gasteiger partial charge in [0.1, 0.15) is 24.5 Å². The summed E-state index contributed by atoms with van der Waals surface area (Å²) in [6, 6.07) is 8.20. The van der Waals surface area contributed by atoms with Crippen LogP contribution in [0.3, 0.4) is 0 Å². The molecule has 0 saturated heterocycles. The summed E-state index contributed by atoms with van der Waals surface area (Å²) < 4.78 is 9.93. The maximum absolute atomic E-state index is 11.1. The summed E-state index contributed by atoms with van der Waals surface area (Å²) in [5, 5.41) is 21.3. The molecule has 2 N–H and O–H groups in total. The van der Waals surface area contributed by atoms with Gasteiger partial charge in [0.05, 0.1) is 18.7 Å². The van der Waals surface area contributed by atoms with E-state index in [9.17, 15) is 9.90 Å². The number of esters is 1. The second kappa shape index (κ2) is 8.15. The molecule has 0 spiro atoms. The van der Waals surface area contributed by atoms with Crippen molar-refractivity contribution >= 4 is 5.97 Å². The van der Waals surface area contributed by atoms with Crippen LogP contribution in [0.15, 0.2) is 24.3 Å². The van der Waals surface area contributed by atoms with E-state index < -0.39 is 12.1 Å². The van der Waals surface area contributed by atoms with Crippen LogP contribution in [-0.4, -0.2) is 43.5 Å². The molecule has 0 radical (unpaired) electrons. The number of methoxy groups -OCH3 is 1. The number of hydrogen-bond acceptors (Lipinski definition) is 6. The van der Waals surface area contributed by atoms with Crippen LogP contribution in [0.5, 0.6) is 5.75 Å². The van der Waals surface area contributed by atoms with Gasteiger partial charge in [0.2, 0.25) is 0 Å². The van der Waals surface area contributed by atoms with Crippen LogP contribution in [0.4, 0.5) is 0 Å². The van der Waals surface area contributed by atoms with Crippen LogP contribution in [-0.2, 0) is 9.53 Å². The lowest BCUT2D eigenvalue weighted by molar-refractivity contribution is -0.142. The molecular weight excluding hydrogens is 260 g/mol. The Labute approximate surface area is 117 Å². The molecule has 0 aromatic heterocycles. The van der Waals surface area contributed by atoms with E-state index in [1.165, 1.54) is 7.11 Å². The lowest BCUT2D eigenvalue weighted by Crippen LogP contribution is -2.41. The Morgan fingerprint density at radius 3 is 2.95 bits per heavy atom. The molecule has 1 aromatic carbocycles. The quantitative estimate of drug-likeness (QED) is 0.704. The molecule has 0 saturated carbocycles. The number of nitrogens with zero attached hydrogens (tertiary/aromatic N) is 1. The maximum Gasteiger partial charge on any atom is 0.322 e. The van der Waals surface area contributed by atoms with Crippen LogP contribution in [0.25, 0.3) is 0 Å².